The monoisotopic (exact) mass is 469 g/mol. The van der Waals surface area contributed by atoms with Gasteiger partial charge in [0, 0.05) is 28.4 Å². The maximum absolute atomic E-state index is 12.9. The molecule has 3 heterocycles. The number of anilines is 1. The van der Waals surface area contributed by atoms with E-state index >= 15 is 0 Å². The Morgan fingerprint density at radius 3 is 2.68 bits per heavy atom. The van der Waals surface area contributed by atoms with Crippen LogP contribution in [-0.2, 0) is 16.4 Å². The number of rotatable bonds is 5. The number of alkyl halides is 3. The van der Waals surface area contributed by atoms with Crippen LogP contribution in [0.2, 0.25) is 0 Å². The molecule has 6 nitrogen and oxygen atoms in total. The van der Waals surface area contributed by atoms with Crippen molar-refractivity contribution in [2.24, 2.45) is 5.92 Å². The third-order valence-electron chi connectivity index (χ3n) is 4.63. The van der Waals surface area contributed by atoms with Gasteiger partial charge in [-0.1, -0.05) is 19.9 Å². The Morgan fingerprint density at radius 1 is 1.19 bits per heavy atom. The highest BCUT2D eigenvalue weighted by Gasteiger charge is 2.52. The highest BCUT2D eigenvalue weighted by atomic mass is 32.2. The van der Waals surface area contributed by atoms with E-state index in [0.29, 0.717) is 17.2 Å². The minimum absolute atomic E-state index is 0.0583. The molecule has 0 spiro atoms. The molecule has 0 fully saturated rings. The molecule has 3 aromatic rings. The molecule has 1 aliphatic heterocycles. The van der Waals surface area contributed by atoms with E-state index in [1.54, 1.807) is 6.20 Å². The number of benzene rings is 1. The van der Waals surface area contributed by atoms with Gasteiger partial charge >= 0.3 is 15.5 Å². The maximum atomic E-state index is 12.9. The predicted octanol–water partition coefficient (Wildman–Crippen LogP) is 5.08. The SMILES string of the molecule is CC(C)Cc1cc(-c2nc(-c3ccc4c(c3)OCN4S(=O)(=O)C(F)(F)F)cs2)ccn1. The minimum atomic E-state index is -5.52. The zero-order valence-electron chi connectivity index (χ0n) is 16.5. The van der Waals surface area contributed by atoms with Crippen LogP contribution in [0.25, 0.3) is 21.8 Å². The molecule has 0 radical (unpaired) electrons. The summed E-state index contributed by atoms with van der Waals surface area (Å²) in [4.78, 5) is 9.01. The average Bonchev–Trinajstić information content (AvgIpc) is 3.34. The van der Waals surface area contributed by atoms with E-state index in [1.807, 2.05) is 17.5 Å². The number of thiazole rings is 1. The van der Waals surface area contributed by atoms with Gasteiger partial charge in [-0.3, -0.25) is 4.98 Å². The van der Waals surface area contributed by atoms with Gasteiger partial charge in [-0.15, -0.1) is 11.3 Å². The largest absolute Gasteiger partial charge is 0.516 e. The highest BCUT2D eigenvalue weighted by Crippen LogP contribution is 2.42. The van der Waals surface area contributed by atoms with Gasteiger partial charge in [0.25, 0.3) is 0 Å². The fraction of sp³-hybridized carbons (Fsp3) is 0.300. The Labute approximate surface area is 181 Å². The molecule has 0 amide bonds. The van der Waals surface area contributed by atoms with E-state index in [2.05, 4.69) is 23.8 Å². The summed E-state index contributed by atoms with van der Waals surface area (Å²) in [5.41, 5.74) is -2.42. The summed E-state index contributed by atoms with van der Waals surface area (Å²) in [6.07, 6.45) is 2.60. The lowest BCUT2D eigenvalue weighted by Gasteiger charge is -2.18. The van der Waals surface area contributed by atoms with Crippen molar-refractivity contribution in [3.63, 3.8) is 0 Å². The molecule has 0 aliphatic carbocycles. The van der Waals surface area contributed by atoms with Crippen LogP contribution < -0.4 is 9.04 Å². The Kier molecular flexibility index (Phi) is 5.42. The molecule has 1 aliphatic rings. The first kappa shape index (κ1) is 21.6. The predicted molar refractivity (Wildman–Crippen MR) is 112 cm³/mol. The summed E-state index contributed by atoms with van der Waals surface area (Å²) in [5, 5.41) is 2.61. The van der Waals surface area contributed by atoms with Crippen molar-refractivity contribution in [2.75, 3.05) is 11.0 Å². The quantitative estimate of drug-likeness (QED) is 0.521. The fourth-order valence-electron chi connectivity index (χ4n) is 3.20. The number of nitrogens with zero attached hydrogens (tertiary/aromatic N) is 3. The van der Waals surface area contributed by atoms with Gasteiger partial charge in [0.2, 0.25) is 0 Å². The highest BCUT2D eigenvalue weighted by molar-refractivity contribution is 7.93. The van der Waals surface area contributed by atoms with Crippen molar-refractivity contribution in [2.45, 2.75) is 25.8 Å². The number of sulfonamides is 1. The first-order valence-electron chi connectivity index (χ1n) is 9.33. The topological polar surface area (TPSA) is 72.4 Å². The normalized spacial score (nSPS) is 14.1. The third kappa shape index (κ3) is 4.11. The van der Waals surface area contributed by atoms with Gasteiger partial charge in [-0.25, -0.2) is 9.29 Å². The molecule has 0 bridgehead atoms. The summed E-state index contributed by atoms with van der Waals surface area (Å²) >= 11 is 1.43. The Morgan fingerprint density at radius 2 is 1.97 bits per heavy atom. The number of pyridine rings is 1. The number of hydrogen-bond donors (Lipinski definition) is 0. The Balaban J connectivity index is 1.62. The van der Waals surface area contributed by atoms with E-state index in [-0.39, 0.29) is 15.7 Å². The maximum Gasteiger partial charge on any atom is 0.516 e. The van der Waals surface area contributed by atoms with Crippen molar-refractivity contribution in [1.82, 2.24) is 9.97 Å². The van der Waals surface area contributed by atoms with Crippen LogP contribution in [0.15, 0.2) is 41.9 Å². The molecule has 0 atom stereocenters. The summed E-state index contributed by atoms with van der Waals surface area (Å²) in [7, 11) is -5.52. The lowest BCUT2D eigenvalue weighted by atomic mass is 10.1. The lowest BCUT2D eigenvalue weighted by Crippen LogP contribution is -2.40. The molecule has 0 saturated heterocycles. The van der Waals surface area contributed by atoms with Gasteiger partial charge in [-0.2, -0.15) is 21.6 Å². The standard InChI is InChI=1S/C20H18F3N3O3S2/c1-12(2)7-15-8-14(5-6-24-15)19-25-16(10-30-19)13-3-4-17-18(9-13)29-11-26(17)31(27,28)20(21,22)23/h3-6,8-10,12H,7,11H2,1-2H3. The molecule has 0 unspecified atom stereocenters. The zero-order valence-corrected chi connectivity index (χ0v) is 18.2. The molecule has 0 saturated carbocycles. The molecule has 0 N–H and O–H groups in total. The second-order valence-corrected chi connectivity index (χ2v) is 10.1. The summed E-state index contributed by atoms with van der Waals surface area (Å²) in [6, 6.07) is 8.19. The third-order valence-corrected chi connectivity index (χ3v) is 6.99. The van der Waals surface area contributed by atoms with E-state index in [9.17, 15) is 21.6 Å². The van der Waals surface area contributed by atoms with E-state index < -0.39 is 22.3 Å². The molecule has 31 heavy (non-hydrogen) atoms. The molecule has 4 rings (SSSR count). The minimum Gasteiger partial charge on any atom is -0.470 e. The molecule has 11 heteroatoms. The molecule has 164 valence electrons. The number of aromatic nitrogens is 2. The Hall–Kier alpha value is -2.66. The van der Waals surface area contributed by atoms with Gasteiger partial charge in [0.05, 0.1) is 11.4 Å². The first-order valence-corrected chi connectivity index (χ1v) is 11.7. The smallest absolute Gasteiger partial charge is 0.470 e. The van der Waals surface area contributed by atoms with Crippen molar-refractivity contribution >= 4 is 27.0 Å². The molecule has 2 aromatic heterocycles. The van der Waals surface area contributed by atoms with Gasteiger partial charge in [-0.05, 0) is 36.6 Å². The molecular formula is C20H18F3N3O3S2. The van der Waals surface area contributed by atoms with Crippen LogP contribution >= 0.6 is 11.3 Å². The summed E-state index contributed by atoms with van der Waals surface area (Å²) < 4.78 is 67.6. The number of fused-ring (bicyclic) bond motifs is 1. The summed E-state index contributed by atoms with van der Waals surface area (Å²) in [6.45, 7) is 3.51. The van der Waals surface area contributed by atoms with Crippen molar-refractivity contribution in [3.05, 3.63) is 47.6 Å². The number of halogens is 3. The van der Waals surface area contributed by atoms with Crippen molar-refractivity contribution in [3.8, 4) is 27.6 Å². The van der Waals surface area contributed by atoms with Crippen LogP contribution in [-0.4, -0.2) is 30.6 Å². The number of hydrogen-bond acceptors (Lipinski definition) is 6. The average molecular weight is 470 g/mol. The second kappa shape index (κ2) is 7.79. The summed E-state index contributed by atoms with van der Waals surface area (Å²) in [5.74, 6) is 0.532. The van der Waals surface area contributed by atoms with Crippen LogP contribution in [0.5, 0.6) is 5.75 Å². The van der Waals surface area contributed by atoms with Crippen LogP contribution in [0.3, 0.4) is 0 Å². The van der Waals surface area contributed by atoms with Gasteiger partial charge in [0.15, 0.2) is 6.73 Å². The fourth-order valence-corrected chi connectivity index (χ4v) is 4.87. The first-order chi connectivity index (χ1) is 14.6. The van der Waals surface area contributed by atoms with Gasteiger partial charge in [0.1, 0.15) is 10.8 Å². The van der Waals surface area contributed by atoms with Crippen LogP contribution in [0, 0.1) is 5.92 Å². The number of ether oxygens (including phenoxy) is 1. The van der Waals surface area contributed by atoms with Gasteiger partial charge < -0.3 is 4.74 Å². The van der Waals surface area contributed by atoms with E-state index in [1.165, 1.54) is 29.5 Å². The van der Waals surface area contributed by atoms with Crippen LogP contribution in [0.4, 0.5) is 18.9 Å². The molecule has 1 aromatic carbocycles. The lowest BCUT2D eigenvalue weighted by molar-refractivity contribution is -0.0440. The molecular weight excluding hydrogens is 451 g/mol. The van der Waals surface area contributed by atoms with E-state index in [0.717, 1.165) is 22.7 Å². The van der Waals surface area contributed by atoms with Crippen molar-refractivity contribution < 1.29 is 26.3 Å². The van der Waals surface area contributed by atoms with Crippen molar-refractivity contribution in [1.29, 1.82) is 0 Å². The van der Waals surface area contributed by atoms with Crippen LogP contribution in [0.1, 0.15) is 19.5 Å². The second-order valence-electron chi connectivity index (χ2n) is 7.43. The Bertz CT molecular complexity index is 1220. The van der Waals surface area contributed by atoms with E-state index in [4.69, 9.17) is 4.74 Å². The zero-order chi connectivity index (χ0) is 22.4.